The molecule has 0 bridgehead atoms. The van der Waals surface area contributed by atoms with Crippen LogP contribution in [0.4, 0.5) is 0 Å². The average molecular weight is 439 g/mol. The number of ether oxygens (including phenoxy) is 2. The lowest BCUT2D eigenvalue weighted by molar-refractivity contribution is 0.0979. The fourth-order valence-electron chi connectivity index (χ4n) is 3.15. The number of hydrogen-bond donors (Lipinski definition) is 0. The Morgan fingerprint density at radius 1 is 0.567 bits per heavy atom. The van der Waals surface area contributed by atoms with Gasteiger partial charge in [-0.15, -0.1) is 0 Å². The molecule has 0 unspecified atom stereocenters. The average Bonchev–Trinajstić information content (AvgIpc) is 2.79. The Morgan fingerprint density at radius 3 is 1.30 bits per heavy atom. The number of Topliss-reactive ketones (excluding diaryl/α,β-unsaturated/α-hetero) is 2. The molecule has 0 spiro atoms. The molecule has 0 saturated heterocycles. The van der Waals surface area contributed by atoms with Crippen LogP contribution in [0, 0.1) is 0 Å². The lowest BCUT2D eigenvalue weighted by Gasteiger charge is -2.21. The fourth-order valence-corrected chi connectivity index (χ4v) is 3.51. The van der Waals surface area contributed by atoms with E-state index in [9.17, 15) is 9.59 Å². The Balaban J connectivity index is 1.70. The molecule has 1 aliphatic carbocycles. The first-order valence-corrected chi connectivity index (χ1v) is 9.97. The Hall–Kier alpha value is -3.08. The van der Waals surface area contributed by atoms with E-state index in [0.717, 1.165) is 11.1 Å². The minimum Gasteiger partial charge on any atom is -0.488 e. The molecule has 4 nitrogen and oxygen atoms in total. The van der Waals surface area contributed by atoms with Gasteiger partial charge >= 0.3 is 0 Å². The molecule has 0 amide bonds. The van der Waals surface area contributed by atoms with E-state index in [1.54, 1.807) is 12.1 Å². The normalized spacial score (nSPS) is 13.3. The maximum atomic E-state index is 12.9. The predicted octanol–water partition coefficient (Wildman–Crippen LogP) is 5.91. The number of halogens is 2. The third-order valence-corrected chi connectivity index (χ3v) is 5.47. The SMILES string of the molecule is O=C1C(Cl)=C(Cl)C(=O)c2c(OCc3ccccc3)ccc(OCc3ccccc3)c21. The van der Waals surface area contributed by atoms with Crippen LogP contribution in [0.1, 0.15) is 31.8 Å². The second-order valence-electron chi connectivity index (χ2n) is 6.65. The number of fused-ring (bicyclic) bond motifs is 1. The van der Waals surface area contributed by atoms with Crippen molar-refractivity contribution in [2.45, 2.75) is 13.2 Å². The van der Waals surface area contributed by atoms with E-state index in [4.69, 9.17) is 32.7 Å². The molecular weight excluding hydrogens is 423 g/mol. The summed E-state index contributed by atoms with van der Waals surface area (Å²) in [6, 6.07) is 22.2. The van der Waals surface area contributed by atoms with E-state index in [-0.39, 0.29) is 45.9 Å². The first-order valence-electron chi connectivity index (χ1n) is 9.21. The zero-order chi connectivity index (χ0) is 21.1. The van der Waals surface area contributed by atoms with Gasteiger partial charge in [-0.25, -0.2) is 0 Å². The minimum absolute atomic E-state index is 0.0656. The van der Waals surface area contributed by atoms with Gasteiger partial charge in [0, 0.05) is 0 Å². The van der Waals surface area contributed by atoms with Gasteiger partial charge in [-0.3, -0.25) is 9.59 Å². The molecule has 0 aliphatic heterocycles. The summed E-state index contributed by atoms with van der Waals surface area (Å²) in [5.74, 6) is -0.628. The zero-order valence-corrected chi connectivity index (χ0v) is 17.2. The van der Waals surface area contributed by atoms with Crippen LogP contribution in [0.2, 0.25) is 0 Å². The smallest absolute Gasteiger partial charge is 0.210 e. The number of hydrogen-bond acceptors (Lipinski definition) is 4. The molecule has 0 N–H and O–H groups in total. The summed E-state index contributed by atoms with van der Waals surface area (Å²) in [6.45, 7) is 0.460. The number of rotatable bonds is 6. The highest BCUT2D eigenvalue weighted by Gasteiger charge is 2.36. The number of carbonyl (C=O) groups excluding carboxylic acids is 2. The molecule has 0 atom stereocenters. The number of benzene rings is 3. The molecule has 150 valence electrons. The van der Waals surface area contributed by atoms with Crippen molar-refractivity contribution < 1.29 is 19.1 Å². The van der Waals surface area contributed by atoms with E-state index in [2.05, 4.69) is 0 Å². The van der Waals surface area contributed by atoms with Gasteiger partial charge in [0.25, 0.3) is 0 Å². The molecule has 3 aromatic carbocycles. The van der Waals surface area contributed by atoms with Gasteiger partial charge in [0.2, 0.25) is 11.6 Å². The van der Waals surface area contributed by atoms with Gasteiger partial charge in [0.15, 0.2) is 0 Å². The lowest BCUT2D eigenvalue weighted by Crippen LogP contribution is -2.20. The maximum absolute atomic E-state index is 12.9. The monoisotopic (exact) mass is 438 g/mol. The quantitative estimate of drug-likeness (QED) is 0.479. The van der Waals surface area contributed by atoms with Crippen molar-refractivity contribution in [2.24, 2.45) is 0 Å². The third-order valence-electron chi connectivity index (χ3n) is 4.65. The summed E-state index contributed by atoms with van der Waals surface area (Å²) < 4.78 is 11.7. The van der Waals surface area contributed by atoms with Crippen LogP contribution < -0.4 is 9.47 Å². The predicted molar refractivity (Wildman–Crippen MR) is 115 cm³/mol. The molecule has 30 heavy (non-hydrogen) atoms. The van der Waals surface area contributed by atoms with E-state index in [1.807, 2.05) is 60.7 Å². The van der Waals surface area contributed by atoms with Crippen LogP contribution in [0.3, 0.4) is 0 Å². The highest BCUT2D eigenvalue weighted by atomic mass is 35.5. The molecule has 0 radical (unpaired) electrons. The summed E-state index contributed by atoms with van der Waals surface area (Å²) in [6.07, 6.45) is 0. The maximum Gasteiger partial charge on any atom is 0.210 e. The van der Waals surface area contributed by atoms with Gasteiger partial charge in [-0.05, 0) is 23.3 Å². The number of ketones is 2. The Kier molecular flexibility index (Phi) is 5.88. The van der Waals surface area contributed by atoms with Crippen LogP contribution in [0.25, 0.3) is 0 Å². The van der Waals surface area contributed by atoms with Crippen molar-refractivity contribution in [3.63, 3.8) is 0 Å². The second kappa shape index (κ2) is 8.74. The summed E-state index contributed by atoms with van der Waals surface area (Å²) in [7, 11) is 0. The molecule has 0 fully saturated rings. The minimum atomic E-state index is -0.565. The van der Waals surface area contributed by atoms with Gasteiger partial charge in [0.1, 0.15) is 34.8 Å². The summed E-state index contributed by atoms with van der Waals surface area (Å²) in [5, 5.41) is -0.641. The summed E-state index contributed by atoms with van der Waals surface area (Å²) in [4.78, 5) is 25.7. The van der Waals surface area contributed by atoms with Gasteiger partial charge in [0.05, 0.1) is 11.1 Å². The molecule has 4 rings (SSSR count). The molecule has 0 heterocycles. The topological polar surface area (TPSA) is 52.6 Å². The largest absolute Gasteiger partial charge is 0.488 e. The fraction of sp³-hybridized carbons (Fsp3) is 0.0833. The highest BCUT2D eigenvalue weighted by Crippen LogP contribution is 2.40. The van der Waals surface area contributed by atoms with Crippen LogP contribution in [-0.2, 0) is 13.2 Å². The highest BCUT2D eigenvalue weighted by molar-refractivity contribution is 6.59. The van der Waals surface area contributed by atoms with Crippen molar-refractivity contribution in [3.8, 4) is 11.5 Å². The molecular formula is C24H16Cl2O4. The van der Waals surface area contributed by atoms with Crippen molar-refractivity contribution in [3.05, 3.63) is 105 Å². The lowest BCUT2D eigenvalue weighted by atomic mass is 9.92. The van der Waals surface area contributed by atoms with Crippen molar-refractivity contribution in [2.75, 3.05) is 0 Å². The third kappa shape index (κ3) is 3.97. The van der Waals surface area contributed by atoms with E-state index in [0.29, 0.717) is 0 Å². The van der Waals surface area contributed by atoms with Crippen LogP contribution in [-0.4, -0.2) is 11.6 Å². The molecule has 1 aliphatic rings. The molecule has 6 heteroatoms. The van der Waals surface area contributed by atoms with Crippen molar-refractivity contribution >= 4 is 34.8 Å². The van der Waals surface area contributed by atoms with E-state index >= 15 is 0 Å². The van der Waals surface area contributed by atoms with Crippen molar-refractivity contribution in [1.82, 2.24) is 0 Å². The standard InChI is InChI=1S/C24H16Cl2O4/c25-21-22(26)24(28)20-18(30-14-16-9-5-2-6-10-16)12-11-17(19(20)23(21)27)29-13-15-7-3-1-4-8-15/h1-12H,13-14H2. The van der Waals surface area contributed by atoms with E-state index < -0.39 is 11.6 Å². The Bertz CT molecular complexity index is 1050. The second-order valence-corrected chi connectivity index (χ2v) is 7.40. The van der Waals surface area contributed by atoms with Crippen molar-refractivity contribution in [1.29, 1.82) is 0 Å². The van der Waals surface area contributed by atoms with Crippen LogP contribution in [0.15, 0.2) is 82.9 Å². The number of carbonyl (C=O) groups is 2. The van der Waals surface area contributed by atoms with Gasteiger partial charge in [-0.1, -0.05) is 83.9 Å². The van der Waals surface area contributed by atoms with Crippen LogP contribution >= 0.6 is 23.2 Å². The summed E-state index contributed by atoms with van der Waals surface area (Å²) in [5.41, 5.74) is 1.97. The first kappa shape index (κ1) is 20.2. The van der Waals surface area contributed by atoms with Crippen LogP contribution in [0.5, 0.6) is 11.5 Å². The molecule has 0 aromatic heterocycles. The van der Waals surface area contributed by atoms with E-state index in [1.165, 1.54) is 0 Å². The van der Waals surface area contributed by atoms with Gasteiger partial charge in [-0.2, -0.15) is 0 Å². The first-order chi connectivity index (χ1) is 14.6. The Labute approximate surface area is 183 Å². The molecule has 0 saturated carbocycles. The zero-order valence-electron chi connectivity index (χ0n) is 15.7. The molecule has 3 aromatic rings. The number of allylic oxidation sites excluding steroid dienone is 2. The Morgan fingerprint density at radius 2 is 0.933 bits per heavy atom. The summed E-state index contributed by atoms with van der Waals surface area (Å²) >= 11 is 12.1. The van der Waals surface area contributed by atoms with Gasteiger partial charge < -0.3 is 9.47 Å².